The molecular formula is C14H26ClN3O. The van der Waals surface area contributed by atoms with Gasteiger partial charge in [-0.2, -0.15) is 4.98 Å². The number of hydrogen-bond acceptors (Lipinski definition) is 4. The Morgan fingerprint density at radius 1 is 1.32 bits per heavy atom. The summed E-state index contributed by atoms with van der Waals surface area (Å²) in [6.45, 7) is 8.73. The number of nitrogens with zero attached hydrogens (tertiary/aromatic N) is 2. The van der Waals surface area contributed by atoms with Gasteiger partial charge >= 0.3 is 0 Å². The predicted molar refractivity (Wildman–Crippen MR) is 78.4 cm³/mol. The van der Waals surface area contributed by atoms with Crippen LogP contribution in [0.15, 0.2) is 4.52 Å². The van der Waals surface area contributed by atoms with Crippen LogP contribution in [0.3, 0.4) is 0 Å². The van der Waals surface area contributed by atoms with Crippen molar-refractivity contribution in [1.82, 2.24) is 10.1 Å². The summed E-state index contributed by atoms with van der Waals surface area (Å²) >= 11 is 0. The van der Waals surface area contributed by atoms with Crippen LogP contribution in [-0.2, 0) is 11.0 Å². The van der Waals surface area contributed by atoms with Crippen molar-refractivity contribution in [2.45, 2.75) is 70.8 Å². The fourth-order valence-electron chi connectivity index (χ4n) is 3.04. The van der Waals surface area contributed by atoms with Crippen LogP contribution < -0.4 is 5.73 Å². The zero-order chi connectivity index (χ0) is 13.4. The highest BCUT2D eigenvalue weighted by molar-refractivity contribution is 5.85. The third kappa shape index (κ3) is 3.48. The zero-order valence-corrected chi connectivity index (χ0v) is 13.2. The van der Waals surface area contributed by atoms with Crippen LogP contribution in [0.2, 0.25) is 0 Å². The van der Waals surface area contributed by atoms with Crippen molar-refractivity contribution < 1.29 is 4.52 Å². The van der Waals surface area contributed by atoms with Crippen LogP contribution in [0.25, 0.3) is 0 Å². The van der Waals surface area contributed by atoms with E-state index in [0.29, 0.717) is 11.7 Å². The molecule has 19 heavy (non-hydrogen) atoms. The van der Waals surface area contributed by atoms with E-state index in [4.69, 9.17) is 10.3 Å². The second-order valence-electron chi connectivity index (χ2n) is 6.77. The number of nitrogens with two attached hydrogens (primary N) is 1. The van der Waals surface area contributed by atoms with E-state index in [9.17, 15) is 0 Å². The summed E-state index contributed by atoms with van der Waals surface area (Å²) < 4.78 is 5.47. The minimum atomic E-state index is -0.352. The maximum absolute atomic E-state index is 6.35. The Hall–Kier alpha value is -0.610. The average Bonchev–Trinajstić information content (AvgIpc) is 2.83. The first kappa shape index (κ1) is 16.4. The fraction of sp³-hybridized carbons (Fsp3) is 0.857. The van der Waals surface area contributed by atoms with Crippen molar-refractivity contribution in [2.75, 3.05) is 0 Å². The molecule has 0 aromatic carbocycles. The van der Waals surface area contributed by atoms with Gasteiger partial charge in [0, 0.05) is 5.41 Å². The molecule has 0 unspecified atom stereocenters. The van der Waals surface area contributed by atoms with Gasteiger partial charge in [-0.25, -0.2) is 0 Å². The molecule has 1 heterocycles. The monoisotopic (exact) mass is 287 g/mol. The van der Waals surface area contributed by atoms with Crippen LogP contribution in [0.1, 0.15) is 71.5 Å². The van der Waals surface area contributed by atoms with Gasteiger partial charge in [-0.3, -0.25) is 0 Å². The Morgan fingerprint density at radius 3 is 2.42 bits per heavy atom. The Bertz CT molecular complexity index is 409. The van der Waals surface area contributed by atoms with E-state index >= 15 is 0 Å². The van der Waals surface area contributed by atoms with Crippen LogP contribution in [-0.4, -0.2) is 10.1 Å². The van der Waals surface area contributed by atoms with E-state index in [2.05, 4.69) is 37.8 Å². The third-order valence-electron chi connectivity index (χ3n) is 3.86. The molecule has 1 aromatic heterocycles. The van der Waals surface area contributed by atoms with Crippen molar-refractivity contribution in [3.8, 4) is 0 Å². The Balaban J connectivity index is 0.00000180. The zero-order valence-electron chi connectivity index (χ0n) is 12.4. The summed E-state index contributed by atoms with van der Waals surface area (Å²) in [6.07, 6.45) is 5.30. The molecule has 0 spiro atoms. The summed E-state index contributed by atoms with van der Waals surface area (Å²) in [5.41, 5.74) is 5.93. The van der Waals surface area contributed by atoms with Crippen LogP contribution in [0, 0.1) is 5.92 Å². The molecule has 5 heteroatoms. The predicted octanol–water partition coefficient (Wildman–Crippen LogP) is 3.54. The van der Waals surface area contributed by atoms with Gasteiger partial charge in [0.25, 0.3) is 0 Å². The second kappa shape index (κ2) is 5.80. The minimum Gasteiger partial charge on any atom is -0.339 e. The van der Waals surface area contributed by atoms with Crippen molar-refractivity contribution in [3.63, 3.8) is 0 Å². The second-order valence-corrected chi connectivity index (χ2v) is 6.77. The topological polar surface area (TPSA) is 64.9 Å². The van der Waals surface area contributed by atoms with Crippen molar-refractivity contribution in [1.29, 1.82) is 0 Å². The third-order valence-corrected chi connectivity index (χ3v) is 3.86. The summed E-state index contributed by atoms with van der Waals surface area (Å²) in [7, 11) is 0. The fourth-order valence-corrected chi connectivity index (χ4v) is 3.04. The molecule has 0 saturated heterocycles. The smallest absolute Gasteiger partial charge is 0.232 e. The number of aromatic nitrogens is 2. The van der Waals surface area contributed by atoms with E-state index in [1.807, 2.05) is 0 Å². The van der Waals surface area contributed by atoms with E-state index < -0.39 is 0 Å². The molecule has 0 radical (unpaired) electrons. The van der Waals surface area contributed by atoms with Crippen molar-refractivity contribution >= 4 is 12.4 Å². The van der Waals surface area contributed by atoms with Gasteiger partial charge in [0.15, 0.2) is 5.82 Å². The molecule has 1 aliphatic carbocycles. The largest absolute Gasteiger partial charge is 0.339 e. The van der Waals surface area contributed by atoms with E-state index in [0.717, 1.165) is 38.0 Å². The van der Waals surface area contributed by atoms with Gasteiger partial charge in [-0.15, -0.1) is 12.4 Å². The SMILES string of the molecule is CC(C)CC(C)(C)c1nc(C2(N)CCCC2)no1.Cl. The highest BCUT2D eigenvalue weighted by Gasteiger charge is 2.38. The average molecular weight is 288 g/mol. The van der Waals surface area contributed by atoms with Gasteiger partial charge < -0.3 is 10.3 Å². The molecular weight excluding hydrogens is 262 g/mol. The maximum Gasteiger partial charge on any atom is 0.232 e. The number of halogens is 1. The summed E-state index contributed by atoms with van der Waals surface area (Å²) in [6, 6.07) is 0. The van der Waals surface area contributed by atoms with Gasteiger partial charge in [0.05, 0.1) is 5.54 Å². The molecule has 4 nitrogen and oxygen atoms in total. The summed E-state index contributed by atoms with van der Waals surface area (Å²) in [5.74, 6) is 2.03. The van der Waals surface area contributed by atoms with Gasteiger partial charge in [-0.05, 0) is 25.2 Å². The van der Waals surface area contributed by atoms with Gasteiger partial charge in [0.1, 0.15) is 0 Å². The lowest BCUT2D eigenvalue weighted by molar-refractivity contribution is 0.271. The van der Waals surface area contributed by atoms with Gasteiger partial charge in [0.2, 0.25) is 5.89 Å². The molecule has 0 aliphatic heterocycles. The summed E-state index contributed by atoms with van der Waals surface area (Å²) in [5, 5.41) is 4.13. The van der Waals surface area contributed by atoms with Crippen LogP contribution in [0.5, 0.6) is 0 Å². The quantitative estimate of drug-likeness (QED) is 0.920. The highest BCUT2D eigenvalue weighted by Crippen LogP contribution is 2.36. The molecule has 0 amide bonds. The first-order valence-corrected chi connectivity index (χ1v) is 6.97. The molecule has 1 aliphatic rings. The molecule has 1 aromatic rings. The maximum atomic E-state index is 6.35. The lowest BCUT2D eigenvalue weighted by atomic mass is 9.84. The number of rotatable bonds is 4. The standard InChI is InChI=1S/C14H25N3O.ClH/c1-10(2)9-13(3,4)12-16-11(17-18-12)14(15)7-5-6-8-14;/h10H,5-9,15H2,1-4H3;1H. The van der Waals surface area contributed by atoms with E-state index in [1.165, 1.54) is 0 Å². The Morgan fingerprint density at radius 2 is 1.89 bits per heavy atom. The Labute approximate surface area is 121 Å². The molecule has 110 valence electrons. The summed E-state index contributed by atoms with van der Waals surface area (Å²) in [4.78, 5) is 4.59. The molecule has 0 bridgehead atoms. The molecule has 1 saturated carbocycles. The first-order valence-electron chi connectivity index (χ1n) is 6.97. The highest BCUT2D eigenvalue weighted by atomic mass is 35.5. The lowest BCUT2D eigenvalue weighted by Gasteiger charge is -2.22. The van der Waals surface area contributed by atoms with Crippen LogP contribution >= 0.6 is 12.4 Å². The van der Waals surface area contributed by atoms with Crippen molar-refractivity contribution in [2.24, 2.45) is 11.7 Å². The molecule has 1 fully saturated rings. The van der Waals surface area contributed by atoms with Crippen LogP contribution in [0.4, 0.5) is 0 Å². The normalized spacial score (nSPS) is 18.6. The first-order chi connectivity index (χ1) is 8.33. The lowest BCUT2D eigenvalue weighted by Crippen LogP contribution is -2.34. The minimum absolute atomic E-state index is 0. The van der Waals surface area contributed by atoms with E-state index in [1.54, 1.807) is 0 Å². The molecule has 2 N–H and O–H groups in total. The molecule has 2 rings (SSSR count). The number of hydrogen-bond donors (Lipinski definition) is 1. The Kier molecular flexibility index (Phi) is 5.02. The molecule has 0 atom stereocenters. The van der Waals surface area contributed by atoms with E-state index in [-0.39, 0.29) is 23.4 Å². The van der Waals surface area contributed by atoms with Gasteiger partial charge in [-0.1, -0.05) is 45.7 Å². The van der Waals surface area contributed by atoms with Crippen molar-refractivity contribution in [3.05, 3.63) is 11.7 Å².